The zero-order chi connectivity index (χ0) is 37.1. The fourth-order valence-corrected chi connectivity index (χ4v) is 10.1. The van der Waals surface area contributed by atoms with Gasteiger partial charge in [-0.05, 0) is 86.0 Å². The molecule has 9 aromatic rings. The Morgan fingerprint density at radius 3 is 1.39 bits per heavy atom. The van der Waals surface area contributed by atoms with Crippen molar-refractivity contribution in [2.45, 2.75) is 15.2 Å². The molecule has 1 aromatic heterocycles. The van der Waals surface area contributed by atoms with Gasteiger partial charge in [-0.25, -0.2) is 9.97 Å². The first-order valence-electron chi connectivity index (χ1n) is 19.1. The maximum atomic E-state index is 5.15. The zero-order valence-corrected chi connectivity index (χ0v) is 31.2. The van der Waals surface area contributed by atoms with Gasteiger partial charge in [-0.15, -0.1) is 0 Å². The quantitative estimate of drug-likeness (QED) is 0.176. The summed E-state index contributed by atoms with van der Waals surface area (Å²) in [4.78, 5) is 12.9. The molecule has 1 aliphatic heterocycles. The molecule has 0 N–H and O–H groups in total. The van der Waals surface area contributed by atoms with Gasteiger partial charge in [0, 0.05) is 26.5 Å². The average molecular weight is 731 g/mol. The first kappa shape index (κ1) is 32.6. The van der Waals surface area contributed by atoms with Crippen LogP contribution in [-0.4, -0.2) is 9.97 Å². The molecule has 2 nitrogen and oxygen atoms in total. The highest BCUT2D eigenvalue weighted by molar-refractivity contribution is 7.99. The van der Waals surface area contributed by atoms with Gasteiger partial charge in [0.2, 0.25) is 0 Å². The van der Waals surface area contributed by atoms with Gasteiger partial charge >= 0.3 is 0 Å². The minimum Gasteiger partial charge on any atom is -0.228 e. The van der Waals surface area contributed by atoms with Gasteiger partial charge in [-0.3, -0.25) is 0 Å². The Bertz CT molecular complexity index is 2850. The van der Waals surface area contributed by atoms with Crippen LogP contribution >= 0.6 is 11.8 Å². The van der Waals surface area contributed by atoms with Crippen LogP contribution in [0.25, 0.3) is 67.3 Å². The summed E-state index contributed by atoms with van der Waals surface area (Å²) in [6, 6.07) is 74.4. The van der Waals surface area contributed by atoms with Crippen LogP contribution in [0.3, 0.4) is 0 Å². The molecule has 1 aliphatic carbocycles. The van der Waals surface area contributed by atoms with Crippen molar-refractivity contribution in [1.29, 1.82) is 0 Å². The monoisotopic (exact) mass is 730 g/mol. The van der Waals surface area contributed by atoms with Crippen molar-refractivity contribution in [3.8, 4) is 67.3 Å². The maximum Gasteiger partial charge on any atom is 0.160 e. The standard InChI is InChI=1S/C53H34N2S/c1-3-16-35(17-4-1)48-34-49(36-18-5-2-6-19-36)55-52(54-48)39-21-15-20-37(32-39)40-22-7-8-23-41(40)38-30-31-51-47(33-38)53(46-28-13-14-29-50(46)56-51)44-26-11-9-24-42(44)43-25-10-12-27-45(43)53/h1-34H. The van der Waals surface area contributed by atoms with E-state index in [2.05, 4.69) is 194 Å². The zero-order valence-electron chi connectivity index (χ0n) is 30.4. The molecule has 8 aromatic carbocycles. The first-order valence-corrected chi connectivity index (χ1v) is 19.9. The minimum atomic E-state index is -0.424. The van der Waals surface area contributed by atoms with Crippen molar-refractivity contribution in [3.05, 3.63) is 229 Å². The average Bonchev–Trinajstić information content (AvgIpc) is 3.57. The van der Waals surface area contributed by atoms with Crippen LogP contribution in [0.4, 0.5) is 0 Å². The molecule has 0 saturated heterocycles. The van der Waals surface area contributed by atoms with Gasteiger partial charge in [0.05, 0.1) is 16.8 Å². The van der Waals surface area contributed by atoms with Crippen molar-refractivity contribution >= 4 is 11.8 Å². The van der Waals surface area contributed by atoms with E-state index in [-0.39, 0.29) is 0 Å². The van der Waals surface area contributed by atoms with Gasteiger partial charge in [0.15, 0.2) is 5.82 Å². The fraction of sp³-hybridized carbons (Fsp3) is 0.0189. The van der Waals surface area contributed by atoms with Crippen molar-refractivity contribution in [2.24, 2.45) is 0 Å². The third kappa shape index (κ3) is 5.12. The molecule has 3 heteroatoms. The number of aromatic nitrogens is 2. The van der Waals surface area contributed by atoms with E-state index in [9.17, 15) is 0 Å². The van der Waals surface area contributed by atoms with Gasteiger partial charge in [0.25, 0.3) is 0 Å². The Morgan fingerprint density at radius 1 is 0.304 bits per heavy atom. The summed E-state index contributed by atoms with van der Waals surface area (Å²) in [6.45, 7) is 0. The first-order chi connectivity index (χ1) is 27.8. The Hall–Kier alpha value is -6.81. The SMILES string of the molecule is c1ccc(-c2cc(-c3ccccc3)nc(-c3cccc(-c4ccccc4-c4ccc5c(c4)C4(c6ccccc6S5)c5ccccc5-c5ccccc54)c3)n2)cc1. The number of fused-ring (bicyclic) bond motifs is 9. The topological polar surface area (TPSA) is 25.8 Å². The summed E-state index contributed by atoms with van der Waals surface area (Å²) in [5, 5.41) is 0. The summed E-state index contributed by atoms with van der Waals surface area (Å²) in [5.74, 6) is 0.703. The predicted molar refractivity (Wildman–Crippen MR) is 231 cm³/mol. The van der Waals surface area contributed by atoms with E-state index in [1.165, 1.54) is 59.9 Å². The Balaban J connectivity index is 1.07. The van der Waals surface area contributed by atoms with Crippen LogP contribution in [0, 0.1) is 0 Å². The highest BCUT2D eigenvalue weighted by Crippen LogP contribution is 2.62. The largest absolute Gasteiger partial charge is 0.228 e. The van der Waals surface area contributed by atoms with E-state index in [0.29, 0.717) is 5.82 Å². The predicted octanol–water partition coefficient (Wildman–Crippen LogP) is 13.6. The molecular weight excluding hydrogens is 697 g/mol. The Kier molecular flexibility index (Phi) is 7.68. The number of benzene rings is 8. The van der Waals surface area contributed by atoms with Crippen LogP contribution in [0.15, 0.2) is 216 Å². The number of hydrogen-bond donors (Lipinski definition) is 0. The van der Waals surface area contributed by atoms with Crippen molar-refractivity contribution in [3.63, 3.8) is 0 Å². The summed E-state index contributed by atoms with van der Waals surface area (Å²) >= 11 is 1.88. The number of hydrogen-bond acceptors (Lipinski definition) is 3. The molecule has 0 radical (unpaired) electrons. The van der Waals surface area contributed by atoms with Gasteiger partial charge in [0.1, 0.15) is 0 Å². The summed E-state index contributed by atoms with van der Waals surface area (Å²) in [6.07, 6.45) is 0. The lowest BCUT2D eigenvalue weighted by atomic mass is 9.67. The minimum absolute atomic E-state index is 0.424. The lowest BCUT2D eigenvalue weighted by Gasteiger charge is -2.40. The number of nitrogens with zero attached hydrogens (tertiary/aromatic N) is 2. The molecule has 0 unspecified atom stereocenters. The van der Waals surface area contributed by atoms with Gasteiger partial charge < -0.3 is 0 Å². The molecule has 0 saturated carbocycles. The second-order valence-corrected chi connectivity index (χ2v) is 15.6. The molecule has 56 heavy (non-hydrogen) atoms. The van der Waals surface area contributed by atoms with Crippen LogP contribution in [0.1, 0.15) is 22.3 Å². The second-order valence-electron chi connectivity index (χ2n) is 14.5. The van der Waals surface area contributed by atoms with Crippen LogP contribution in [0.5, 0.6) is 0 Å². The van der Waals surface area contributed by atoms with E-state index < -0.39 is 5.41 Å². The van der Waals surface area contributed by atoms with Crippen LogP contribution in [0.2, 0.25) is 0 Å². The van der Waals surface area contributed by atoms with Gasteiger partial charge in [-0.2, -0.15) is 0 Å². The normalized spacial score (nSPS) is 13.1. The van der Waals surface area contributed by atoms with Crippen LogP contribution in [-0.2, 0) is 5.41 Å². The Labute approximate surface area is 331 Å². The van der Waals surface area contributed by atoms with E-state index >= 15 is 0 Å². The fourth-order valence-electron chi connectivity index (χ4n) is 8.93. The van der Waals surface area contributed by atoms with Crippen molar-refractivity contribution in [2.75, 3.05) is 0 Å². The highest BCUT2D eigenvalue weighted by atomic mass is 32.2. The molecule has 2 aliphatic rings. The molecule has 262 valence electrons. The molecule has 11 rings (SSSR count). The molecular formula is C53H34N2S. The van der Waals surface area contributed by atoms with E-state index in [4.69, 9.17) is 9.97 Å². The second kappa shape index (κ2) is 13.2. The molecule has 0 fully saturated rings. The van der Waals surface area contributed by atoms with Crippen molar-refractivity contribution in [1.82, 2.24) is 9.97 Å². The maximum absolute atomic E-state index is 5.15. The van der Waals surface area contributed by atoms with E-state index in [0.717, 1.165) is 33.6 Å². The molecule has 0 atom stereocenters. The summed E-state index contributed by atoms with van der Waals surface area (Å²) in [5.41, 5.74) is 17.2. The summed E-state index contributed by atoms with van der Waals surface area (Å²) < 4.78 is 0. The smallest absolute Gasteiger partial charge is 0.160 e. The third-order valence-corrected chi connectivity index (χ3v) is 12.5. The van der Waals surface area contributed by atoms with Gasteiger partial charge in [-0.1, -0.05) is 188 Å². The van der Waals surface area contributed by atoms with E-state index in [1.54, 1.807) is 0 Å². The molecule has 2 heterocycles. The third-order valence-electron chi connectivity index (χ3n) is 11.4. The molecule has 1 spiro atoms. The Morgan fingerprint density at radius 2 is 0.768 bits per heavy atom. The molecule has 0 amide bonds. The lowest BCUT2D eigenvalue weighted by Crippen LogP contribution is -2.32. The van der Waals surface area contributed by atoms with Crippen molar-refractivity contribution < 1.29 is 0 Å². The van der Waals surface area contributed by atoms with E-state index in [1.807, 2.05) is 23.9 Å². The lowest BCUT2D eigenvalue weighted by molar-refractivity contribution is 0.723. The summed E-state index contributed by atoms with van der Waals surface area (Å²) in [7, 11) is 0. The molecule has 0 bridgehead atoms. The van der Waals surface area contributed by atoms with Crippen LogP contribution < -0.4 is 0 Å². The highest BCUT2D eigenvalue weighted by Gasteiger charge is 2.50. The number of rotatable bonds is 5.